The molecule has 1 heterocycles. The fourth-order valence-corrected chi connectivity index (χ4v) is 3.81. The molecule has 2 aromatic rings. The van der Waals surface area contributed by atoms with Crippen molar-refractivity contribution in [2.45, 2.75) is 32.9 Å². The van der Waals surface area contributed by atoms with Gasteiger partial charge >= 0.3 is 6.03 Å². The van der Waals surface area contributed by atoms with Crippen LogP contribution in [0.4, 0.5) is 10.5 Å². The first-order valence-corrected chi connectivity index (χ1v) is 10.5. The second-order valence-corrected chi connectivity index (χ2v) is 7.86. The van der Waals surface area contributed by atoms with E-state index < -0.39 is 22.4 Å². The average Bonchev–Trinajstić information content (AvgIpc) is 2.95. The summed E-state index contributed by atoms with van der Waals surface area (Å²) in [6, 6.07) is 8.49. The highest BCUT2D eigenvalue weighted by Crippen LogP contribution is 2.36. The molecule has 0 aliphatic carbocycles. The van der Waals surface area contributed by atoms with E-state index in [-0.39, 0.29) is 12.2 Å². The first-order chi connectivity index (χ1) is 14.7. The molecule has 1 N–H and O–H groups in total. The lowest BCUT2D eigenvalue weighted by Crippen LogP contribution is -2.40. The molecule has 3 amide bonds. The number of hydrogen-bond acceptors (Lipinski definition) is 6. The predicted octanol–water partition coefficient (Wildman–Crippen LogP) is 4.12. The minimum absolute atomic E-state index is 0.0142. The SMILES string of the molecule is CCOc1cc(Br)c(CN2C(=O)N[C@](C)(c3ccc([N+](=O)[O-])cc3)C2=O)cc1OCC. The Morgan fingerprint density at radius 2 is 1.68 bits per heavy atom. The third kappa shape index (κ3) is 4.34. The lowest BCUT2D eigenvalue weighted by molar-refractivity contribution is -0.384. The number of non-ortho nitro benzene ring substituents is 1. The number of amides is 3. The maximum Gasteiger partial charge on any atom is 0.325 e. The molecule has 1 fully saturated rings. The van der Waals surface area contributed by atoms with Gasteiger partial charge in [0.25, 0.3) is 11.6 Å². The fraction of sp³-hybridized carbons (Fsp3) is 0.333. The number of ether oxygens (including phenoxy) is 2. The Labute approximate surface area is 187 Å². The zero-order valence-electron chi connectivity index (χ0n) is 17.3. The molecule has 1 aliphatic heterocycles. The van der Waals surface area contributed by atoms with Crippen LogP contribution in [0.3, 0.4) is 0 Å². The minimum Gasteiger partial charge on any atom is -0.490 e. The number of benzene rings is 2. The molecule has 1 saturated heterocycles. The van der Waals surface area contributed by atoms with Crippen molar-refractivity contribution in [3.8, 4) is 11.5 Å². The van der Waals surface area contributed by atoms with Crippen LogP contribution in [0.1, 0.15) is 31.9 Å². The van der Waals surface area contributed by atoms with Gasteiger partial charge in [0.15, 0.2) is 11.5 Å². The molecule has 31 heavy (non-hydrogen) atoms. The molecule has 1 atom stereocenters. The second-order valence-electron chi connectivity index (χ2n) is 7.01. The first-order valence-electron chi connectivity index (χ1n) is 9.68. The minimum atomic E-state index is -1.33. The van der Waals surface area contributed by atoms with Crippen molar-refractivity contribution in [3.63, 3.8) is 0 Å². The van der Waals surface area contributed by atoms with Crippen molar-refractivity contribution >= 4 is 33.6 Å². The number of urea groups is 1. The first kappa shape index (κ1) is 22.5. The highest BCUT2D eigenvalue weighted by atomic mass is 79.9. The maximum atomic E-state index is 13.2. The van der Waals surface area contributed by atoms with E-state index in [0.717, 1.165) is 4.90 Å². The van der Waals surface area contributed by atoms with E-state index >= 15 is 0 Å². The Morgan fingerprint density at radius 3 is 2.23 bits per heavy atom. The standard InChI is InChI=1S/C21H22BrN3O6/c1-4-30-17-10-13(16(22)11-18(17)31-5-2)12-24-19(26)21(3,23-20(24)27)14-6-8-15(9-7-14)25(28)29/h6-11H,4-5,12H2,1-3H3,(H,23,27)/t21-/m1/s1. The van der Waals surface area contributed by atoms with Crippen molar-refractivity contribution in [3.05, 3.63) is 62.1 Å². The van der Waals surface area contributed by atoms with Gasteiger partial charge in [0.05, 0.1) is 24.7 Å². The Bertz CT molecular complexity index is 1030. The lowest BCUT2D eigenvalue weighted by atomic mass is 9.92. The molecule has 0 spiro atoms. The van der Waals surface area contributed by atoms with Gasteiger partial charge in [-0.25, -0.2) is 4.79 Å². The number of hydrogen-bond donors (Lipinski definition) is 1. The second kappa shape index (κ2) is 8.93. The van der Waals surface area contributed by atoms with Crippen molar-refractivity contribution in [1.29, 1.82) is 0 Å². The van der Waals surface area contributed by atoms with E-state index in [4.69, 9.17) is 9.47 Å². The van der Waals surface area contributed by atoms with Gasteiger partial charge in [-0.3, -0.25) is 19.8 Å². The summed E-state index contributed by atoms with van der Waals surface area (Å²) < 4.78 is 11.9. The highest BCUT2D eigenvalue weighted by Gasteiger charge is 2.49. The molecule has 3 rings (SSSR count). The summed E-state index contributed by atoms with van der Waals surface area (Å²) in [7, 11) is 0. The summed E-state index contributed by atoms with van der Waals surface area (Å²) in [5.41, 5.74) is -0.294. The van der Waals surface area contributed by atoms with E-state index in [2.05, 4.69) is 21.2 Å². The van der Waals surface area contributed by atoms with Crippen molar-refractivity contribution in [2.24, 2.45) is 0 Å². The van der Waals surface area contributed by atoms with Gasteiger partial charge in [-0.2, -0.15) is 0 Å². The van der Waals surface area contributed by atoms with Gasteiger partial charge in [-0.1, -0.05) is 15.9 Å². The number of carbonyl (C=O) groups excluding carboxylic acids is 2. The van der Waals surface area contributed by atoms with Crippen LogP contribution in [-0.2, 0) is 16.9 Å². The van der Waals surface area contributed by atoms with Gasteiger partial charge < -0.3 is 14.8 Å². The third-order valence-electron chi connectivity index (χ3n) is 4.97. The van der Waals surface area contributed by atoms with Crippen LogP contribution in [0.2, 0.25) is 0 Å². The normalized spacial score (nSPS) is 18.1. The number of nitro benzene ring substituents is 1. The molecule has 9 nitrogen and oxygen atoms in total. The summed E-state index contributed by atoms with van der Waals surface area (Å²) >= 11 is 3.48. The Balaban J connectivity index is 1.89. The van der Waals surface area contributed by atoms with Crippen molar-refractivity contribution in [2.75, 3.05) is 13.2 Å². The van der Waals surface area contributed by atoms with E-state index in [9.17, 15) is 19.7 Å². The Morgan fingerprint density at radius 1 is 1.10 bits per heavy atom. The predicted molar refractivity (Wildman–Crippen MR) is 116 cm³/mol. The molecular weight excluding hydrogens is 470 g/mol. The van der Waals surface area contributed by atoms with Crippen LogP contribution < -0.4 is 14.8 Å². The van der Waals surface area contributed by atoms with E-state index in [1.54, 1.807) is 19.1 Å². The summed E-state index contributed by atoms with van der Waals surface area (Å²) in [6.07, 6.45) is 0. The van der Waals surface area contributed by atoms with Gasteiger partial charge in [0.1, 0.15) is 5.54 Å². The molecular formula is C21H22BrN3O6. The zero-order chi connectivity index (χ0) is 22.8. The number of rotatable bonds is 8. The van der Waals surface area contributed by atoms with Gasteiger partial charge in [-0.05, 0) is 56.2 Å². The van der Waals surface area contributed by atoms with Crippen LogP contribution in [0, 0.1) is 10.1 Å². The van der Waals surface area contributed by atoms with E-state index in [1.165, 1.54) is 24.3 Å². The molecule has 1 aliphatic rings. The average molecular weight is 492 g/mol. The number of imide groups is 1. The third-order valence-corrected chi connectivity index (χ3v) is 5.71. The topological polar surface area (TPSA) is 111 Å². The number of nitro groups is 1. The Hall–Kier alpha value is -3.14. The van der Waals surface area contributed by atoms with Crippen molar-refractivity contribution < 1.29 is 24.0 Å². The van der Waals surface area contributed by atoms with Crippen molar-refractivity contribution in [1.82, 2.24) is 10.2 Å². The maximum absolute atomic E-state index is 13.2. The summed E-state index contributed by atoms with van der Waals surface area (Å²) in [5.74, 6) is 0.630. The molecule has 0 saturated carbocycles. The fourth-order valence-electron chi connectivity index (χ4n) is 3.36. The number of halogens is 1. The summed E-state index contributed by atoms with van der Waals surface area (Å²) in [6.45, 7) is 6.21. The highest BCUT2D eigenvalue weighted by molar-refractivity contribution is 9.10. The van der Waals surface area contributed by atoms with E-state index in [0.29, 0.717) is 40.3 Å². The van der Waals surface area contributed by atoms with Crippen LogP contribution in [0.5, 0.6) is 11.5 Å². The molecule has 2 aromatic carbocycles. The van der Waals surface area contributed by atoms with Crippen LogP contribution >= 0.6 is 15.9 Å². The molecule has 0 aromatic heterocycles. The molecule has 10 heteroatoms. The van der Waals surface area contributed by atoms with Crippen LogP contribution in [0.25, 0.3) is 0 Å². The zero-order valence-corrected chi connectivity index (χ0v) is 18.9. The van der Waals surface area contributed by atoms with Gasteiger partial charge in [0, 0.05) is 16.6 Å². The molecule has 0 unspecified atom stereocenters. The smallest absolute Gasteiger partial charge is 0.325 e. The summed E-state index contributed by atoms with van der Waals surface area (Å²) in [5, 5.41) is 13.6. The largest absolute Gasteiger partial charge is 0.490 e. The molecule has 0 bridgehead atoms. The number of nitrogens with zero attached hydrogens (tertiary/aromatic N) is 2. The molecule has 164 valence electrons. The summed E-state index contributed by atoms with van der Waals surface area (Å²) in [4.78, 5) is 37.3. The lowest BCUT2D eigenvalue weighted by Gasteiger charge is -2.22. The number of nitrogens with one attached hydrogen (secondary N) is 1. The number of carbonyl (C=O) groups is 2. The molecule has 0 radical (unpaired) electrons. The van der Waals surface area contributed by atoms with Crippen LogP contribution in [0.15, 0.2) is 40.9 Å². The van der Waals surface area contributed by atoms with Gasteiger partial charge in [0.2, 0.25) is 0 Å². The quantitative estimate of drug-likeness (QED) is 0.337. The van der Waals surface area contributed by atoms with Gasteiger partial charge in [-0.15, -0.1) is 0 Å². The monoisotopic (exact) mass is 491 g/mol. The van der Waals surface area contributed by atoms with Crippen LogP contribution in [-0.4, -0.2) is 35.0 Å². The van der Waals surface area contributed by atoms with E-state index in [1.807, 2.05) is 13.8 Å². The Kier molecular flexibility index (Phi) is 6.49.